The Hall–Kier alpha value is -2.86. The lowest BCUT2D eigenvalue weighted by Gasteiger charge is -2.43. The highest BCUT2D eigenvalue weighted by Crippen LogP contribution is 2.49. The van der Waals surface area contributed by atoms with Crippen molar-refractivity contribution in [2.24, 2.45) is 5.92 Å². The molecule has 0 aromatic heterocycles. The van der Waals surface area contributed by atoms with Crippen LogP contribution < -0.4 is 0 Å². The van der Waals surface area contributed by atoms with E-state index in [4.69, 9.17) is 0 Å². The fraction of sp³-hybridized carbons (Fsp3) is 0.436. The first-order valence-corrected chi connectivity index (χ1v) is 15.0. The smallest absolute Gasteiger partial charge is 0.00432 e. The summed E-state index contributed by atoms with van der Waals surface area (Å²) in [5.41, 5.74) is 15.2. The van der Waals surface area contributed by atoms with E-state index in [1.54, 1.807) is 16.7 Å². The fourth-order valence-corrected chi connectivity index (χ4v) is 6.85. The summed E-state index contributed by atoms with van der Waals surface area (Å²) in [6, 6.07) is 25.4. The van der Waals surface area contributed by atoms with Crippen molar-refractivity contribution in [1.29, 1.82) is 0 Å². The Bertz CT molecular complexity index is 1420. The van der Waals surface area contributed by atoms with Crippen LogP contribution in [0.5, 0.6) is 0 Å². The second-order valence-corrected chi connectivity index (χ2v) is 14.2. The lowest BCUT2D eigenvalue weighted by atomic mass is 9.62. The number of aryl methyl sites for hydroxylation is 2. The molecule has 0 fully saturated rings. The van der Waals surface area contributed by atoms with Crippen LogP contribution in [0, 0.1) is 12.8 Å². The lowest BCUT2D eigenvalue weighted by molar-refractivity contribution is 0.331. The van der Waals surface area contributed by atoms with Gasteiger partial charge in [-0.15, -0.1) is 0 Å². The van der Waals surface area contributed by atoms with Crippen molar-refractivity contribution in [3.05, 3.63) is 117 Å². The largest absolute Gasteiger partial charge is 0.0727 e. The molecule has 39 heavy (non-hydrogen) atoms. The zero-order valence-corrected chi connectivity index (χ0v) is 25.8. The quantitative estimate of drug-likeness (QED) is 0.316. The Morgan fingerprint density at radius 2 is 1.38 bits per heavy atom. The van der Waals surface area contributed by atoms with E-state index in [0.29, 0.717) is 5.92 Å². The highest BCUT2D eigenvalue weighted by Gasteiger charge is 2.38. The molecule has 0 unspecified atom stereocenters. The van der Waals surface area contributed by atoms with E-state index in [-0.39, 0.29) is 16.2 Å². The van der Waals surface area contributed by atoms with Crippen molar-refractivity contribution in [1.82, 2.24) is 0 Å². The number of hydrogen-bond acceptors (Lipinski definition) is 0. The molecular formula is C39H48. The Morgan fingerprint density at radius 1 is 0.795 bits per heavy atom. The lowest BCUT2D eigenvalue weighted by Crippen LogP contribution is -2.34. The SMILES string of the molecule is CC1=C(/C(=C\[C@@H](C)C(C)(C)c2ccccc2)c2ccc(C)cc2)CCc2cc3c(cc21)C(C)(C)CCC3(C)C. The van der Waals surface area contributed by atoms with Gasteiger partial charge in [-0.1, -0.05) is 127 Å². The van der Waals surface area contributed by atoms with Crippen molar-refractivity contribution < 1.29 is 0 Å². The fourth-order valence-electron chi connectivity index (χ4n) is 6.85. The molecule has 0 heteroatoms. The Balaban J connectivity index is 1.66. The molecule has 3 aromatic rings. The van der Waals surface area contributed by atoms with E-state index in [2.05, 4.69) is 135 Å². The van der Waals surface area contributed by atoms with E-state index in [1.165, 1.54) is 51.8 Å². The van der Waals surface area contributed by atoms with E-state index in [0.717, 1.165) is 12.8 Å². The number of allylic oxidation sites excluding steroid dienone is 4. The topological polar surface area (TPSA) is 0 Å². The van der Waals surface area contributed by atoms with E-state index >= 15 is 0 Å². The molecule has 3 aromatic carbocycles. The third-order valence-electron chi connectivity index (χ3n) is 10.3. The van der Waals surface area contributed by atoms with Gasteiger partial charge in [-0.05, 0) is 112 Å². The van der Waals surface area contributed by atoms with Crippen LogP contribution in [0.4, 0.5) is 0 Å². The number of rotatable bonds is 5. The van der Waals surface area contributed by atoms with Crippen LogP contribution in [0.2, 0.25) is 0 Å². The van der Waals surface area contributed by atoms with Crippen LogP contribution in [0.3, 0.4) is 0 Å². The van der Waals surface area contributed by atoms with Crippen LogP contribution in [0.15, 0.2) is 78.4 Å². The average Bonchev–Trinajstić information content (AvgIpc) is 2.91. The summed E-state index contributed by atoms with van der Waals surface area (Å²) < 4.78 is 0. The second-order valence-electron chi connectivity index (χ2n) is 14.2. The van der Waals surface area contributed by atoms with E-state index in [9.17, 15) is 0 Å². The van der Waals surface area contributed by atoms with Gasteiger partial charge in [0.25, 0.3) is 0 Å². The van der Waals surface area contributed by atoms with Crippen molar-refractivity contribution >= 4 is 11.1 Å². The number of hydrogen-bond donors (Lipinski definition) is 0. The minimum absolute atomic E-state index is 0.0346. The highest BCUT2D eigenvalue weighted by atomic mass is 14.4. The minimum Gasteiger partial charge on any atom is -0.0727 e. The van der Waals surface area contributed by atoms with Crippen molar-refractivity contribution in [2.75, 3.05) is 0 Å². The zero-order valence-electron chi connectivity index (χ0n) is 25.8. The van der Waals surface area contributed by atoms with Gasteiger partial charge in [-0.3, -0.25) is 0 Å². The van der Waals surface area contributed by atoms with Crippen LogP contribution >= 0.6 is 0 Å². The maximum absolute atomic E-state index is 2.59. The van der Waals surface area contributed by atoms with Gasteiger partial charge in [0.2, 0.25) is 0 Å². The molecule has 2 aliphatic rings. The first-order valence-electron chi connectivity index (χ1n) is 15.0. The van der Waals surface area contributed by atoms with Crippen molar-refractivity contribution in [2.45, 2.75) is 104 Å². The first kappa shape index (κ1) is 27.7. The van der Waals surface area contributed by atoms with E-state index < -0.39 is 0 Å². The summed E-state index contributed by atoms with van der Waals surface area (Å²) in [6.07, 6.45) is 7.31. The molecule has 0 saturated heterocycles. The molecule has 0 aliphatic heterocycles. The molecule has 0 nitrogen and oxygen atoms in total. The van der Waals surface area contributed by atoms with Crippen LogP contribution in [0.1, 0.15) is 114 Å². The van der Waals surface area contributed by atoms with Crippen molar-refractivity contribution in [3.63, 3.8) is 0 Å². The number of fused-ring (bicyclic) bond motifs is 2. The molecule has 0 bridgehead atoms. The van der Waals surface area contributed by atoms with Crippen molar-refractivity contribution in [3.8, 4) is 0 Å². The monoisotopic (exact) mass is 516 g/mol. The molecule has 2 aliphatic carbocycles. The van der Waals surface area contributed by atoms with E-state index in [1.807, 2.05) is 0 Å². The van der Waals surface area contributed by atoms with Gasteiger partial charge in [0, 0.05) is 0 Å². The van der Waals surface area contributed by atoms with Gasteiger partial charge < -0.3 is 0 Å². The predicted molar refractivity (Wildman–Crippen MR) is 170 cm³/mol. The standard InChI is InChI=1S/C39H48/c1-26-15-17-29(18-16-26)34(23-27(2)39(8,9)31-13-11-10-12-14-31)32-20-19-30-24-35-36(25-33(30)28(32)3)38(6,7)22-21-37(35,4)5/h10-18,23-25,27H,19-22H2,1-9H3/b34-23-/t27-/m1/s1. The summed E-state index contributed by atoms with van der Waals surface area (Å²) in [6.45, 7) is 21.5. The molecule has 0 heterocycles. The molecule has 0 N–H and O–H groups in total. The molecule has 0 saturated carbocycles. The predicted octanol–water partition coefficient (Wildman–Crippen LogP) is 10.8. The summed E-state index contributed by atoms with van der Waals surface area (Å²) in [5, 5.41) is 0. The molecule has 0 spiro atoms. The molecule has 5 rings (SSSR count). The van der Waals surface area contributed by atoms with Crippen LogP contribution in [-0.2, 0) is 22.7 Å². The highest BCUT2D eigenvalue weighted by molar-refractivity contribution is 5.91. The Labute approximate surface area is 238 Å². The van der Waals surface area contributed by atoms with Gasteiger partial charge in [0.05, 0.1) is 0 Å². The third-order valence-corrected chi connectivity index (χ3v) is 10.3. The number of benzene rings is 3. The van der Waals surface area contributed by atoms with Crippen LogP contribution in [0.25, 0.3) is 11.1 Å². The normalized spacial score (nSPS) is 19.4. The average molecular weight is 517 g/mol. The third kappa shape index (κ3) is 5.08. The van der Waals surface area contributed by atoms with Gasteiger partial charge in [0.1, 0.15) is 0 Å². The summed E-state index contributed by atoms with van der Waals surface area (Å²) in [5.74, 6) is 0.376. The molecule has 204 valence electrons. The Kier molecular flexibility index (Phi) is 7.07. The van der Waals surface area contributed by atoms with Gasteiger partial charge in [-0.25, -0.2) is 0 Å². The minimum atomic E-state index is 0.0346. The Morgan fingerprint density at radius 3 is 2.00 bits per heavy atom. The summed E-state index contributed by atoms with van der Waals surface area (Å²) >= 11 is 0. The maximum Gasteiger partial charge on any atom is -0.00432 e. The zero-order chi connectivity index (χ0) is 28.2. The first-order chi connectivity index (χ1) is 18.3. The second kappa shape index (κ2) is 9.96. The molecule has 0 amide bonds. The maximum atomic E-state index is 2.59. The molecule has 0 radical (unpaired) electrons. The van der Waals surface area contributed by atoms with Crippen LogP contribution in [-0.4, -0.2) is 0 Å². The van der Waals surface area contributed by atoms with Gasteiger partial charge >= 0.3 is 0 Å². The van der Waals surface area contributed by atoms with Gasteiger partial charge in [0.15, 0.2) is 0 Å². The summed E-state index contributed by atoms with van der Waals surface area (Å²) in [7, 11) is 0. The summed E-state index contributed by atoms with van der Waals surface area (Å²) in [4.78, 5) is 0. The molecular weight excluding hydrogens is 468 g/mol. The van der Waals surface area contributed by atoms with Gasteiger partial charge in [-0.2, -0.15) is 0 Å². The molecule has 1 atom stereocenters.